The number of hydrogen-bond donors (Lipinski definition) is 0. The van der Waals surface area contributed by atoms with Crippen LogP contribution in [0.25, 0.3) is 10.8 Å². The Morgan fingerprint density at radius 1 is 1.07 bits per heavy atom. The molecule has 1 amide bonds. The number of benzene rings is 2. The molecule has 0 unspecified atom stereocenters. The molecule has 0 radical (unpaired) electrons. The van der Waals surface area contributed by atoms with E-state index >= 15 is 0 Å². The zero-order chi connectivity index (χ0) is 19.2. The van der Waals surface area contributed by atoms with E-state index < -0.39 is 6.10 Å². The van der Waals surface area contributed by atoms with Crippen LogP contribution in [0.4, 0.5) is 0 Å². The van der Waals surface area contributed by atoms with E-state index in [0.717, 1.165) is 10.8 Å². The lowest BCUT2D eigenvalue weighted by molar-refractivity contribution is -0.152. The average molecular weight is 369 g/mol. The molecule has 0 aromatic heterocycles. The summed E-state index contributed by atoms with van der Waals surface area (Å²) in [6.07, 6.45) is 1.39. The molecule has 5 heteroatoms. The second kappa shape index (κ2) is 8.89. The molecule has 1 aliphatic rings. The van der Waals surface area contributed by atoms with Crippen molar-refractivity contribution in [1.82, 2.24) is 4.90 Å². The van der Waals surface area contributed by atoms with Crippen molar-refractivity contribution in [3.05, 3.63) is 42.5 Å². The number of hydrogen-bond acceptors (Lipinski definition) is 4. The van der Waals surface area contributed by atoms with Crippen LogP contribution in [0.1, 0.15) is 33.1 Å². The third-order valence-corrected chi connectivity index (χ3v) is 5.07. The van der Waals surface area contributed by atoms with Crippen LogP contribution < -0.4 is 4.74 Å². The maximum absolute atomic E-state index is 12.9. The molecule has 0 aliphatic carbocycles. The molecular formula is C22H27NO4. The molecule has 2 aromatic rings. The first-order chi connectivity index (χ1) is 13.1. The molecule has 0 bridgehead atoms. The molecule has 1 fully saturated rings. The van der Waals surface area contributed by atoms with Crippen LogP contribution in [0.2, 0.25) is 0 Å². The second-order valence-electron chi connectivity index (χ2n) is 6.88. The van der Waals surface area contributed by atoms with E-state index in [1.165, 1.54) is 0 Å². The molecule has 2 aromatic carbocycles. The Labute approximate surface area is 160 Å². The summed E-state index contributed by atoms with van der Waals surface area (Å²) in [5, 5.41) is 2.23. The topological polar surface area (TPSA) is 55.8 Å². The maximum Gasteiger partial charge on any atom is 0.309 e. The van der Waals surface area contributed by atoms with Crippen LogP contribution in [0, 0.1) is 5.92 Å². The molecule has 0 saturated carbocycles. The minimum atomic E-state index is -0.509. The van der Waals surface area contributed by atoms with E-state index in [9.17, 15) is 9.59 Å². The van der Waals surface area contributed by atoms with Gasteiger partial charge in [-0.3, -0.25) is 9.59 Å². The largest absolute Gasteiger partial charge is 0.481 e. The number of amides is 1. The minimum absolute atomic E-state index is 0.00651. The summed E-state index contributed by atoms with van der Waals surface area (Å²) >= 11 is 0. The first kappa shape index (κ1) is 19.2. The number of esters is 1. The normalized spacial score (nSPS) is 16.1. The van der Waals surface area contributed by atoms with E-state index in [4.69, 9.17) is 9.47 Å². The quantitative estimate of drug-likeness (QED) is 0.727. The van der Waals surface area contributed by atoms with Gasteiger partial charge in [0.1, 0.15) is 5.75 Å². The lowest BCUT2D eigenvalue weighted by Gasteiger charge is -2.33. The molecule has 0 N–H and O–H groups in total. The summed E-state index contributed by atoms with van der Waals surface area (Å²) < 4.78 is 11.1. The van der Waals surface area contributed by atoms with Crippen LogP contribution in [-0.2, 0) is 14.3 Å². The van der Waals surface area contributed by atoms with Crippen molar-refractivity contribution >= 4 is 22.6 Å². The van der Waals surface area contributed by atoms with Crippen molar-refractivity contribution < 1.29 is 19.1 Å². The van der Waals surface area contributed by atoms with Crippen molar-refractivity contribution in [3.63, 3.8) is 0 Å². The highest BCUT2D eigenvalue weighted by Crippen LogP contribution is 2.24. The van der Waals surface area contributed by atoms with Gasteiger partial charge < -0.3 is 14.4 Å². The van der Waals surface area contributed by atoms with Gasteiger partial charge >= 0.3 is 5.97 Å². The van der Waals surface area contributed by atoms with Crippen molar-refractivity contribution in [3.8, 4) is 5.75 Å². The fourth-order valence-corrected chi connectivity index (χ4v) is 3.51. The lowest BCUT2D eigenvalue weighted by atomic mass is 9.96. The van der Waals surface area contributed by atoms with Crippen LogP contribution in [0.3, 0.4) is 0 Å². The molecule has 1 heterocycles. The summed E-state index contributed by atoms with van der Waals surface area (Å²) in [6, 6.07) is 14.0. The average Bonchev–Trinajstić information content (AvgIpc) is 2.71. The Bertz CT molecular complexity index is 796. The molecule has 5 nitrogen and oxygen atoms in total. The Kier molecular flexibility index (Phi) is 6.32. The van der Waals surface area contributed by atoms with E-state index in [0.29, 0.717) is 44.7 Å². The predicted octanol–water partition coefficient (Wildman–Crippen LogP) is 3.80. The van der Waals surface area contributed by atoms with E-state index in [-0.39, 0.29) is 17.8 Å². The lowest BCUT2D eigenvalue weighted by Crippen LogP contribution is -2.46. The molecular weight excluding hydrogens is 342 g/mol. The predicted molar refractivity (Wildman–Crippen MR) is 105 cm³/mol. The number of nitrogens with zero attached hydrogens (tertiary/aromatic N) is 1. The number of fused-ring (bicyclic) bond motifs is 1. The van der Waals surface area contributed by atoms with E-state index in [1.807, 2.05) is 55.1 Å². The van der Waals surface area contributed by atoms with Crippen LogP contribution >= 0.6 is 0 Å². The monoisotopic (exact) mass is 369 g/mol. The van der Waals surface area contributed by atoms with E-state index in [1.54, 1.807) is 0 Å². The third-order valence-electron chi connectivity index (χ3n) is 5.07. The van der Waals surface area contributed by atoms with Gasteiger partial charge in [0.05, 0.1) is 12.5 Å². The van der Waals surface area contributed by atoms with Gasteiger partial charge in [0.2, 0.25) is 0 Å². The number of piperidine rings is 1. The van der Waals surface area contributed by atoms with Gasteiger partial charge in [-0.05, 0) is 49.1 Å². The summed E-state index contributed by atoms with van der Waals surface area (Å²) in [7, 11) is 0. The highest BCUT2D eigenvalue weighted by molar-refractivity contribution is 5.84. The molecule has 0 spiro atoms. The molecule has 144 valence electrons. The zero-order valence-electron chi connectivity index (χ0n) is 16.0. The van der Waals surface area contributed by atoms with Gasteiger partial charge in [-0.15, -0.1) is 0 Å². The highest BCUT2D eigenvalue weighted by Gasteiger charge is 2.31. The van der Waals surface area contributed by atoms with Crippen molar-refractivity contribution in [2.24, 2.45) is 5.92 Å². The first-order valence-electron chi connectivity index (χ1n) is 9.73. The van der Waals surface area contributed by atoms with Crippen molar-refractivity contribution in [1.29, 1.82) is 0 Å². The minimum Gasteiger partial charge on any atom is -0.481 e. The molecule has 1 saturated heterocycles. The maximum atomic E-state index is 12.9. The van der Waals surface area contributed by atoms with E-state index in [2.05, 4.69) is 6.07 Å². The fraction of sp³-hybridized carbons (Fsp3) is 0.455. The van der Waals surface area contributed by atoms with Crippen molar-refractivity contribution in [2.45, 2.75) is 39.2 Å². The summed E-state index contributed by atoms with van der Waals surface area (Å²) in [5.41, 5.74) is 0. The van der Waals surface area contributed by atoms with Crippen LogP contribution in [0.5, 0.6) is 5.75 Å². The smallest absolute Gasteiger partial charge is 0.309 e. The van der Waals surface area contributed by atoms with Crippen LogP contribution in [0.15, 0.2) is 42.5 Å². The Balaban J connectivity index is 1.61. The van der Waals surface area contributed by atoms with Crippen LogP contribution in [-0.4, -0.2) is 42.6 Å². The number of rotatable bonds is 6. The zero-order valence-corrected chi connectivity index (χ0v) is 16.0. The highest BCUT2D eigenvalue weighted by atomic mass is 16.5. The molecule has 27 heavy (non-hydrogen) atoms. The second-order valence-corrected chi connectivity index (χ2v) is 6.88. The molecule has 1 atom stereocenters. The first-order valence-corrected chi connectivity index (χ1v) is 9.73. The molecule has 3 rings (SSSR count). The fourth-order valence-electron chi connectivity index (χ4n) is 3.51. The Morgan fingerprint density at radius 3 is 2.44 bits per heavy atom. The summed E-state index contributed by atoms with van der Waals surface area (Å²) in [6.45, 7) is 5.30. The van der Waals surface area contributed by atoms with Gasteiger partial charge in [0, 0.05) is 13.1 Å². The number of ether oxygens (including phenoxy) is 2. The van der Waals surface area contributed by atoms with Gasteiger partial charge in [0.25, 0.3) is 5.91 Å². The summed E-state index contributed by atoms with van der Waals surface area (Å²) in [5.74, 6) is 0.447. The van der Waals surface area contributed by atoms with Gasteiger partial charge in [-0.1, -0.05) is 37.3 Å². The third kappa shape index (κ3) is 4.59. The molecule has 1 aliphatic heterocycles. The standard InChI is InChI=1S/C22H27NO4/c1-3-20(27-19-10-9-16-7-5-6-8-18(16)15-19)21(24)23-13-11-17(12-14-23)22(25)26-4-2/h5-10,15,17,20H,3-4,11-14H2,1-2H3/t20-/m0/s1. The SMILES string of the molecule is CCOC(=O)C1CCN(C(=O)[C@H](CC)Oc2ccc3ccccc3c2)CC1. The Morgan fingerprint density at radius 2 is 1.78 bits per heavy atom. The van der Waals surface area contributed by atoms with Gasteiger partial charge in [-0.25, -0.2) is 0 Å². The summed E-state index contributed by atoms with van der Waals surface area (Å²) in [4.78, 5) is 26.6. The number of carbonyl (C=O) groups is 2. The van der Waals surface area contributed by atoms with Crippen molar-refractivity contribution in [2.75, 3.05) is 19.7 Å². The van der Waals surface area contributed by atoms with Gasteiger partial charge in [-0.2, -0.15) is 0 Å². The number of likely N-dealkylation sites (tertiary alicyclic amines) is 1. The van der Waals surface area contributed by atoms with Gasteiger partial charge in [0.15, 0.2) is 6.10 Å². The number of carbonyl (C=O) groups excluding carboxylic acids is 2. The Hall–Kier alpha value is -2.56.